The van der Waals surface area contributed by atoms with Crippen molar-refractivity contribution in [3.8, 4) is 0 Å². The molecular formula is C9H14N4O2. The van der Waals surface area contributed by atoms with Gasteiger partial charge in [0.1, 0.15) is 11.6 Å². The van der Waals surface area contributed by atoms with Gasteiger partial charge in [0.2, 0.25) is 5.91 Å². The van der Waals surface area contributed by atoms with Gasteiger partial charge in [0.25, 0.3) is 5.56 Å². The number of likely N-dealkylation sites (N-methyl/N-ethyl adjacent to an activating group) is 2. The molecular weight excluding hydrogens is 196 g/mol. The fourth-order valence-corrected chi connectivity index (χ4v) is 1.13. The molecule has 0 spiro atoms. The molecule has 1 amide bonds. The van der Waals surface area contributed by atoms with Gasteiger partial charge in [0.05, 0.1) is 6.54 Å². The summed E-state index contributed by atoms with van der Waals surface area (Å²) in [4.78, 5) is 30.5. The van der Waals surface area contributed by atoms with Crippen LogP contribution >= 0.6 is 0 Å². The lowest BCUT2D eigenvalue weighted by Gasteiger charge is -2.16. The van der Waals surface area contributed by atoms with Crippen LogP contribution < -0.4 is 15.8 Å². The number of hydrogen-bond donors (Lipinski definition) is 2. The molecule has 0 aliphatic carbocycles. The molecule has 1 aromatic heterocycles. The minimum absolute atomic E-state index is 0.128. The molecule has 0 fully saturated rings. The van der Waals surface area contributed by atoms with Crippen LogP contribution in [0.25, 0.3) is 0 Å². The lowest BCUT2D eigenvalue weighted by atomic mass is 10.4. The first-order valence-corrected chi connectivity index (χ1v) is 4.52. The van der Waals surface area contributed by atoms with Gasteiger partial charge in [-0.25, -0.2) is 4.98 Å². The molecule has 15 heavy (non-hydrogen) atoms. The van der Waals surface area contributed by atoms with Gasteiger partial charge in [0.15, 0.2) is 0 Å². The number of anilines is 1. The smallest absolute Gasteiger partial charge is 0.252 e. The average molecular weight is 210 g/mol. The third-order valence-electron chi connectivity index (χ3n) is 1.90. The average Bonchev–Trinajstić information content (AvgIpc) is 2.16. The molecule has 6 heteroatoms. The molecule has 6 nitrogen and oxygen atoms in total. The first-order chi connectivity index (χ1) is 7.02. The second-order valence-electron chi connectivity index (χ2n) is 3.22. The maximum Gasteiger partial charge on any atom is 0.252 e. The van der Waals surface area contributed by atoms with Crippen LogP contribution in [0.15, 0.2) is 10.9 Å². The van der Waals surface area contributed by atoms with E-state index in [1.165, 1.54) is 6.07 Å². The Bertz CT molecular complexity index is 413. The normalized spacial score (nSPS) is 9.80. The highest BCUT2D eigenvalue weighted by Gasteiger charge is 2.07. The zero-order chi connectivity index (χ0) is 11.4. The van der Waals surface area contributed by atoms with E-state index in [9.17, 15) is 9.59 Å². The summed E-state index contributed by atoms with van der Waals surface area (Å²) in [6.45, 7) is 1.87. The second-order valence-corrected chi connectivity index (χ2v) is 3.22. The molecule has 0 aromatic carbocycles. The Morgan fingerprint density at radius 3 is 2.87 bits per heavy atom. The summed E-state index contributed by atoms with van der Waals surface area (Å²) in [6.07, 6.45) is 0. The van der Waals surface area contributed by atoms with Crippen molar-refractivity contribution < 1.29 is 4.79 Å². The molecule has 0 atom stereocenters. The van der Waals surface area contributed by atoms with Gasteiger partial charge in [-0.05, 0) is 6.92 Å². The number of aromatic amines is 1. The van der Waals surface area contributed by atoms with E-state index in [2.05, 4.69) is 15.3 Å². The van der Waals surface area contributed by atoms with Gasteiger partial charge in [-0.3, -0.25) is 9.59 Å². The Kier molecular flexibility index (Phi) is 3.43. The van der Waals surface area contributed by atoms with Gasteiger partial charge in [0, 0.05) is 20.2 Å². The van der Waals surface area contributed by atoms with Crippen molar-refractivity contribution in [2.45, 2.75) is 6.92 Å². The topological polar surface area (TPSA) is 78.1 Å². The summed E-state index contributed by atoms with van der Waals surface area (Å²) in [5.41, 5.74) is -0.221. The van der Waals surface area contributed by atoms with Crippen molar-refractivity contribution in [2.75, 3.05) is 25.5 Å². The maximum absolute atomic E-state index is 11.1. The SMILES string of the molecule is CNC(=O)CN(C)c1cc(=O)[nH]c(C)n1. The largest absolute Gasteiger partial charge is 0.358 e. The fourth-order valence-electron chi connectivity index (χ4n) is 1.13. The number of nitrogens with one attached hydrogen (secondary N) is 2. The molecule has 1 rings (SSSR count). The van der Waals surface area contributed by atoms with E-state index < -0.39 is 0 Å². The van der Waals surface area contributed by atoms with E-state index in [-0.39, 0.29) is 18.0 Å². The highest BCUT2D eigenvalue weighted by Crippen LogP contribution is 2.03. The van der Waals surface area contributed by atoms with Crippen LogP contribution in [0.1, 0.15) is 5.82 Å². The van der Waals surface area contributed by atoms with Crippen LogP contribution in [0.4, 0.5) is 5.82 Å². The van der Waals surface area contributed by atoms with Crippen molar-refractivity contribution in [3.63, 3.8) is 0 Å². The van der Waals surface area contributed by atoms with Crippen LogP contribution in [0.3, 0.4) is 0 Å². The molecule has 82 valence electrons. The standard InChI is InChI=1S/C9H14N4O2/c1-6-11-7(4-8(14)12-6)13(3)5-9(15)10-2/h4H,5H2,1-3H3,(H,10,15)(H,11,12,14). The van der Waals surface area contributed by atoms with E-state index >= 15 is 0 Å². The van der Waals surface area contributed by atoms with Gasteiger partial charge < -0.3 is 15.2 Å². The maximum atomic E-state index is 11.1. The Morgan fingerprint density at radius 1 is 1.67 bits per heavy atom. The molecule has 1 aromatic rings. The summed E-state index contributed by atoms with van der Waals surface area (Å²) in [5.74, 6) is 0.887. The summed E-state index contributed by atoms with van der Waals surface area (Å²) in [7, 11) is 3.27. The van der Waals surface area contributed by atoms with Gasteiger partial charge in [-0.15, -0.1) is 0 Å². The zero-order valence-electron chi connectivity index (χ0n) is 9.00. The molecule has 0 aliphatic rings. The molecule has 2 N–H and O–H groups in total. The van der Waals surface area contributed by atoms with Crippen LogP contribution in [-0.4, -0.2) is 36.5 Å². The highest BCUT2D eigenvalue weighted by molar-refractivity contribution is 5.80. The number of amides is 1. The fraction of sp³-hybridized carbons (Fsp3) is 0.444. The molecule has 0 radical (unpaired) electrons. The Morgan fingerprint density at radius 2 is 2.33 bits per heavy atom. The second kappa shape index (κ2) is 4.59. The number of hydrogen-bond acceptors (Lipinski definition) is 4. The first-order valence-electron chi connectivity index (χ1n) is 4.52. The van der Waals surface area contributed by atoms with Crippen molar-refractivity contribution >= 4 is 11.7 Å². The third-order valence-corrected chi connectivity index (χ3v) is 1.90. The predicted molar refractivity (Wildman–Crippen MR) is 56.9 cm³/mol. The number of rotatable bonds is 3. The van der Waals surface area contributed by atoms with E-state index in [4.69, 9.17) is 0 Å². The first kappa shape index (κ1) is 11.2. The monoisotopic (exact) mass is 210 g/mol. The quantitative estimate of drug-likeness (QED) is 0.689. The van der Waals surface area contributed by atoms with Gasteiger partial charge in [-0.1, -0.05) is 0 Å². The highest BCUT2D eigenvalue weighted by atomic mass is 16.2. The van der Waals surface area contributed by atoms with Crippen LogP contribution in [-0.2, 0) is 4.79 Å². The molecule has 1 heterocycles. The molecule has 0 bridgehead atoms. The van der Waals surface area contributed by atoms with Gasteiger partial charge in [-0.2, -0.15) is 0 Å². The minimum atomic E-state index is -0.221. The molecule has 0 saturated carbocycles. The molecule has 0 saturated heterocycles. The van der Waals surface area contributed by atoms with E-state index in [1.54, 1.807) is 25.9 Å². The number of aromatic nitrogens is 2. The Labute approximate surface area is 87.3 Å². The summed E-state index contributed by atoms with van der Waals surface area (Å²) >= 11 is 0. The van der Waals surface area contributed by atoms with Crippen LogP contribution in [0, 0.1) is 6.92 Å². The third kappa shape index (κ3) is 3.08. The Hall–Kier alpha value is -1.85. The van der Waals surface area contributed by atoms with Crippen LogP contribution in [0.2, 0.25) is 0 Å². The predicted octanol–water partition coefficient (Wildman–Crippen LogP) is -0.739. The summed E-state index contributed by atoms with van der Waals surface area (Å²) in [5, 5.41) is 2.50. The van der Waals surface area contributed by atoms with Crippen molar-refractivity contribution in [1.29, 1.82) is 0 Å². The Balaban J connectivity index is 2.86. The zero-order valence-corrected chi connectivity index (χ0v) is 9.00. The number of aryl methyl sites for hydroxylation is 1. The number of nitrogens with zero attached hydrogens (tertiary/aromatic N) is 2. The van der Waals surface area contributed by atoms with Crippen molar-refractivity contribution in [3.05, 3.63) is 22.2 Å². The van der Waals surface area contributed by atoms with E-state index in [0.29, 0.717) is 11.6 Å². The van der Waals surface area contributed by atoms with Crippen molar-refractivity contribution in [2.24, 2.45) is 0 Å². The molecule has 0 aliphatic heterocycles. The number of carbonyl (C=O) groups is 1. The van der Waals surface area contributed by atoms with Crippen molar-refractivity contribution in [1.82, 2.24) is 15.3 Å². The lowest BCUT2D eigenvalue weighted by molar-refractivity contribution is -0.119. The lowest BCUT2D eigenvalue weighted by Crippen LogP contribution is -2.34. The molecule has 0 unspecified atom stereocenters. The summed E-state index contributed by atoms with van der Waals surface area (Å²) < 4.78 is 0. The minimum Gasteiger partial charge on any atom is -0.358 e. The number of H-pyrrole nitrogens is 1. The van der Waals surface area contributed by atoms with Gasteiger partial charge >= 0.3 is 0 Å². The number of carbonyl (C=O) groups excluding carboxylic acids is 1. The van der Waals surface area contributed by atoms with Crippen LogP contribution in [0.5, 0.6) is 0 Å². The summed E-state index contributed by atoms with van der Waals surface area (Å²) in [6, 6.07) is 1.36. The van der Waals surface area contributed by atoms with E-state index in [0.717, 1.165) is 0 Å². The van der Waals surface area contributed by atoms with E-state index in [1.807, 2.05) is 0 Å².